The molecule has 0 unspecified atom stereocenters. The molecule has 0 bridgehead atoms. The van der Waals surface area contributed by atoms with Crippen LogP contribution < -0.4 is 10.6 Å². The standard InChI is InChI=1S/C7H17N.C5H11NO/c1-6(2)8-7(3,4)5;1-2-3-4-6-5-7/h6,8H,1-5H3;5H,2-4H2,1H3,(H,6,7). The van der Waals surface area contributed by atoms with E-state index in [1.165, 1.54) is 0 Å². The van der Waals surface area contributed by atoms with Crippen LogP contribution in [0.5, 0.6) is 0 Å². The van der Waals surface area contributed by atoms with Gasteiger partial charge in [-0.2, -0.15) is 0 Å². The van der Waals surface area contributed by atoms with Crippen LogP contribution in [0.1, 0.15) is 54.4 Å². The zero-order valence-electron chi connectivity index (χ0n) is 11.2. The van der Waals surface area contributed by atoms with Gasteiger partial charge in [0.05, 0.1) is 0 Å². The fraction of sp³-hybridized carbons (Fsp3) is 0.917. The smallest absolute Gasteiger partial charge is 0.207 e. The summed E-state index contributed by atoms with van der Waals surface area (Å²) in [6.45, 7) is 13.7. The Morgan fingerprint density at radius 2 is 1.80 bits per heavy atom. The quantitative estimate of drug-likeness (QED) is 0.547. The summed E-state index contributed by atoms with van der Waals surface area (Å²) in [6, 6.07) is 0.593. The topological polar surface area (TPSA) is 41.1 Å². The molecular weight excluding hydrogens is 188 g/mol. The van der Waals surface area contributed by atoms with Gasteiger partial charge in [-0.3, -0.25) is 4.79 Å². The van der Waals surface area contributed by atoms with Gasteiger partial charge in [0, 0.05) is 18.1 Å². The summed E-state index contributed by atoms with van der Waals surface area (Å²) < 4.78 is 0. The van der Waals surface area contributed by atoms with Gasteiger partial charge in [0.15, 0.2) is 0 Å². The minimum atomic E-state index is 0.272. The maximum absolute atomic E-state index is 9.57. The van der Waals surface area contributed by atoms with E-state index in [9.17, 15) is 4.79 Å². The molecule has 0 rings (SSSR count). The minimum absolute atomic E-state index is 0.272. The van der Waals surface area contributed by atoms with Crippen molar-refractivity contribution in [2.45, 2.75) is 66.0 Å². The molecule has 0 spiro atoms. The molecule has 0 aromatic carbocycles. The summed E-state index contributed by atoms with van der Waals surface area (Å²) in [5.41, 5.74) is 0.272. The first kappa shape index (κ1) is 16.8. The lowest BCUT2D eigenvalue weighted by molar-refractivity contribution is -0.109. The van der Waals surface area contributed by atoms with E-state index in [1.807, 2.05) is 0 Å². The van der Waals surface area contributed by atoms with Crippen LogP contribution in [0.15, 0.2) is 0 Å². The van der Waals surface area contributed by atoms with E-state index in [2.05, 4.69) is 52.2 Å². The lowest BCUT2D eigenvalue weighted by atomic mass is 10.1. The molecule has 92 valence electrons. The lowest BCUT2D eigenvalue weighted by Gasteiger charge is -2.23. The third kappa shape index (κ3) is 24.7. The molecular formula is C12H28N2O. The Hall–Kier alpha value is -0.570. The Morgan fingerprint density at radius 3 is 2.00 bits per heavy atom. The normalized spacial score (nSPS) is 10.6. The predicted molar refractivity (Wildman–Crippen MR) is 67.0 cm³/mol. The zero-order chi connectivity index (χ0) is 12.3. The van der Waals surface area contributed by atoms with E-state index in [0.717, 1.165) is 25.8 Å². The summed E-state index contributed by atoms with van der Waals surface area (Å²) in [7, 11) is 0. The molecule has 0 saturated heterocycles. The largest absolute Gasteiger partial charge is 0.359 e. The Balaban J connectivity index is 0. The third-order valence-corrected chi connectivity index (χ3v) is 1.48. The molecule has 3 heteroatoms. The Morgan fingerprint density at radius 1 is 1.27 bits per heavy atom. The fourth-order valence-electron chi connectivity index (χ4n) is 1.20. The van der Waals surface area contributed by atoms with Crippen molar-refractivity contribution in [3.05, 3.63) is 0 Å². The van der Waals surface area contributed by atoms with Crippen LogP contribution in [-0.4, -0.2) is 24.5 Å². The van der Waals surface area contributed by atoms with Crippen LogP contribution in [0.2, 0.25) is 0 Å². The molecule has 0 aliphatic rings. The molecule has 1 amide bonds. The van der Waals surface area contributed by atoms with Crippen LogP contribution in [0.4, 0.5) is 0 Å². The third-order valence-electron chi connectivity index (χ3n) is 1.48. The second kappa shape index (κ2) is 9.97. The fourth-order valence-corrected chi connectivity index (χ4v) is 1.20. The van der Waals surface area contributed by atoms with Gasteiger partial charge in [-0.25, -0.2) is 0 Å². The Kier molecular flexibility index (Phi) is 11.2. The van der Waals surface area contributed by atoms with Gasteiger partial charge in [-0.05, 0) is 27.2 Å². The molecule has 3 nitrogen and oxygen atoms in total. The number of unbranched alkanes of at least 4 members (excludes halogenated alkanes) is 1. The van der Waals surface area contributed by atoms with Crippen molar-refractivity contribution in [3.63, 3.8) is 0 Å². The molecule has 0 atom stereocenters. The molecule has 0 aliphatic heterocycles. The molecule has 0 aliphatic carbocycles. The van der Waals surface area contributed by atoms with E-state index >= 15 is 0 Å². The van der Waals surface area contributed by atoms with Crippen molar-refractivity contribution in [1.82, 2.24) is 10.6 Å². The second-order valence-corrected chi connectivity index (χ2v) is 4.97. The number of rotatable bonds is 5. The van der Waals surface area contributed by atoms with Crippen molar-refractivity contribution in [1.29, 1.82) is 0 Å². The van der Waals surface area contributed by atoms with E-state index < -0.39 is 0 Å². The van der Waals surface area contributed by atoms with E-state index in [4.69, 9.17) is 0 Å². The predicted octanol–water partition coefficient (Wildman–Crippen LogP) is 2.32. The summed E-state index contributed by atoms with van der Waals surface area (Å²) >= 11 is 0. The molecule has 15 heavy (non-hydrogen) atoms. The summed E-state index contributed by atoms with van der Waals surface area (Å²) in [4.78, 5) is 9.57. The number of hydrogen-bond acceptors (Lipinski definition) is 2. The van der Waals surface area contributed by atoms with Crippen LogP contribution in [-0.2, 0) is 4.79 Å². The summed E-state index contributed by atoms with van der Waals surface area (Å²) in [5, 5.41) is 5.95. The van der Waals surface area contributed by atoms with E-state index in [-0.39, 0.29) is 5.54 Å². The Labute approximate surface area is 95.0 Å². The minimum Gasteiger partial charge on any atom is -0.359 e. The van der Waals surface area contributed by atoms with Gasteiger partial charge in [-0.15, -0.1) is 0 Å². The Bertz CT molecular complexity index is 139. The molecule has 0 aromatic heterocycles. The molecule has 0 fully saturated rings. The van der Waals surface area contributed by atoms with Crippen LogP contribution in [0, 0.1) is 0 Å². The van der Waals surface area contributed by atoms with Crippen LogP contribution in [0.3, 0.4) is 0 Å². The second-order valence-electron chi connectivity index (χ2n) is 4.97. The SMILES string of the molecule is CC(C)NC(C)(C)C.CCCCNC=O. The first-order valence-electron chi connectivity index (χ1n) is 5.78. The van der Waals surface area contributed by atoms with Crippen molar-refractivity contribution >= 4 is 6.41 Å². The monoisotopic (exact) mass is 216 g/mol. The number of nitrogens with one attached hydrogen (secondary N) is 2. The molecule has 0 heterocycles. The number of carbonyl (C=O) groups excluding carboxylic acids is 1. The summed E-state index contributed by atoms with van der Waals surface area (Å²) in [6.07, 6.45) is 2.95. The zero-order valence-corrected chi connectivity index (χ0v) is 11.2. The number of carbonyl (C=O) groups is 1. The molecule has 0 saturated carbocycles. The average Bonchev–Trinajstić information content (AvgIpc) is 2.01. The van der Waals surface area contributed by atoms with Crippen molar-refractivity contribution < 1.29 is 4.79 Å². The number of amides is 1. The first-order valence-corrected chi connectivity index (χ1v) is 5.78. The first-order chi connectivity index (χ1) is 6.83. The molecule has 0 radical (unpaired) electrons. The number of hydrogen-bond donors (Lipinski definition) is 2. The molecule has 2 N–H and O–H groups in total. The van der Waals surface area contributed by atoms with Crippen molar-refractivity contribution in [2.75, 3.05) is 6.54 Å². The maximum Gasteiger partial charge on any atom is 0.207 e. The molecule has 0 aromatic rings. The highest BCUT2D eigenvalue weighted by molar-refractivity contribution is 5.45. The van der Waals surface area contributed by atoms with E-state index in [0.29, 0.717) is 6.04 Å². The van der Waals surface area contributed by atoms with Gasteiger partial charge < -0.3 is 10.6 Å². The van der Waals surface area contributed by atoms with Gasteiger partial charge in [0.2, 0.25) is 6.41 Å². The summed E-state index contributed by atoms with van der Waals surface area (Å²) in [5.74, 6) is 0. The highest BCUT2D eigenvalue weighted by Gasteiger charge is 2.08. The average molecular weight is 216 g/mol. The van der Waals surface area contributed by atoms with E-state index in [1.54, 1.807) is 0 Å². The van der Waals surface area contributed by atoms with Crippen molar-refractivity contribution in [3.8, 4) is 0 Å². The highest BCUT2D eigenvalue weighted by Crippen LogP contribution is 1.99. The van der Waals surface area contributed by atoms with Crippen molar-refractivity contribution in [2.24, 2.45) is 0 Å². The van der Waals surface area contributed by atoms with Crippen LogP contribution in [0.25, 0.3) is 0 Å². The van der Waals surface area contributed by atoms with Gasteiger partial charge in [-0.1, -0.05) is 27.2 Å². The highest BCUT2D eigenvalue weighted by atomic mass is 16.1. The van der Waals surface area contributed by atoms with Gasteiger partial charge in [0.25, 0.3) is 0 Å². The van der Waals surface area contributed by atoms with Gasteiger partial charge in [0.1, 0.15) is 0 Å². The maximum atomic E-state index is 9.57. The lowest BCUT2D eigenvalue weighted by Crippen LogP contribution is -2.40. The van der Waals surface area contributed by atoms with Gasteiger partial charge >= 0.3 is 0 Å². The van der Waals surface area contributed by atoms with Crippen LogP contribution >= 0.6 is 0 Å².